The molecule has 0 amide bonds. The van der Waals surface area contributed by atoms with Crippen molar-refractivity contribution in [3.8, 4) is 0 Å². The fourth-order valence-corrected chi connectivity index (χ4v) is 6.89. The van der Waals surface area contributed by atoms with Gasteiger partial charge in [0.15, 0.2) is 5.79 Å². The van der Waals surface area contributed by atoms with Crippen LogP contribution in [0.5, 0.6) is 0 Å². The second-order valence-electron chi connectivity index (χ2n) is 6.28. The Morgan fingerprint density at radius 1 is 1.10 bits per heavy atom. The Morgan fingerprint density at radius 2 is 1.75 bits per heavy atom. The van der Waals surface area contributed by atoms with Gasteiger partial charge in [0, 0.05) is 13.5 Å². The number of rotatable bonds is 1. The van der Waals surface area contributed by atoms with E-state index in [-0.39, 0.29) is 22.4 Å². The fourth-order valence-electron chi connectivity index (χ4n) is 3.41. The van der Waals surface area contributed by atoms with Crippen molar-refractivity contribution in [2.24, 2.45) is 0 Å². The third kappa shape index (κ3) is 2.88. The van der Waals surface area contributed by atoms with Crippen molar-refractivity contribution in [2.45, 2.75) is 67.4 Å². The molecule has 0 aromatic heterocycles. The summed E-state index contributed by atoms with van der Waals surface area (Å²) in [5.74, 6) is 1.70. The highest BCUT2D eigenvalue weighted by Crippen LogP contribution is 2.53. The van der Waals surface area contributed by atoms with Gasteiger partial charge in [-0.05, 0) is 38.2 Å². The molecule has 3 aliphatic rings. The van der Waals surface area contributed by atoms with Crippen LogP contribution in [0.15, 0.2) is 0 Å². The summed E-state index contributed by atoms with van der Waals surface area (Å²) in [6.45, 7) is 3.81. The van der Waals surface area contributed by atoms with Crippen LogP contribution >= 0.6 is 23.5 Å². The minimum atomic E-state index is -0.634. The van der Waals surface area contributed by atoms with Crippen LogP contribution in [0.4, 0.5) is 0 Å². The first-order valence-electron chi connectivity index (χ1n) is 7.29. The van der Waals surface area contributed by atoms with Crippen molar-refractivity contribution in [2.75, 3.05) is 18.6 Å². The quantitative estimate of drug-likeness (QED) is 0.799. The monoisotopic (exact) mass is 320 g/mol. The molecular formula is C14H24O4S2. The summed E-state index contributed by atoms with van der Waals surface area (Å²) >= 11 is 3.95. The third-order valence-electron chi connectivity index (χ3n) is 4.26. The summed E-state index contributed by atoms with van der Waals surface area (Å²) in [6.07, 6.45) is 1.96. The molecule has 2 saturated heterocycles. The Labute approximate surface area is 129 Å². The minimum absolute atomic E-state index is 0.0166. The number of hydrogen-bond acceptors (Lipinski definition) is 6. The predicted octanol–water partition coefficient (Wildman–Crippen LogP) is 2.24. The van der Waals surface area contributed by atoms with E-state index < -0.39 is 11.9 Å². The van der Waals surface area contributed by atoms with Crippen molar-refractivity contribution in [3.63, 3.8) is 0 Å². The van der Waals surface area contributed by atoms with Gasteiger partial charge in [0.05, 0.1) is 16.3 Å². The highest BCUT2D eigenvalue weighted by atomic mass is 32.2. The van der Waals surface area contributed by atoms with E-state index >= 15 is 0 Å². The van der Waals surface area contributed by atoms with E-state index in [9.17, 15) is 5.11 Å². The van der Waals surface area contributed by atoms with Crippen molar-refractivity contribution in [3.05, 3.63) is 0 Å². The number of methoxy groups -OCH3 is 1. The lowest BCUT2D eigenvalue weighted by Crippen LogP contribution is -2.40. The molecule has 0 aromatic rings. The lowest BCUT2D eigenvalue weighted by Gasteiger charge is -2.38. The van der Waals surface area contributed by atoms with E-state index in [4.69, 9.17) is 14.2 Å². The first kappa shape index (κ1) is 15.4. The van der Waals surface area contributed by atoms with Gasteiger partial charge in [-0.25, -0.2) is 0 Å². The molecule has 1 aliphatic carbocycles. The molecule has 2 aliphatic heterocycles. The van der Waals surface area contributed by atoms with Crippen LogP contribution in [0.1, 0.15) is 33.1 Å². The molecule has 0 aromatic carbocycles. The Kier molecular flexibility index (Phi) is 4.35. The van der Waals surface area contributed by atoms with E-state index in [0.717, 1.165) is 12.8 Å². The lowest BCUT2D eigenvalue weighted by molar-refractivity contribution is -0.164. The number of thioether (sulfide) groups is 2. The summed E-state index contributed by atoms with van der Waals surface area (Å²) in [7, 11) is 1.74. The van der Waals surface area contributed by atoms with Crippen molar-refractivity contribution in [1.29, 1.82) is 0 Å². The fraction of sp³-hybridized carbons (Fsp3) is 1.00. The second-order valence-corrected chi connectivity index (χ2v) is 9.49. The van der Waals surface area contributed by atoms with Crippen LogP contribution in [0.25, 0.3) is 0 Å². The Hall–Kier alpha value is 0.540. The maximum absolute atomic E-state index is 10.6. The van der Waals surface area contributed by atoms with Gasteiger partial charge in [-0.15, -0.1) is 23.5 Å². The molecule has 4 nitrogen and oxygen atoms in total. The molecule has 1 saturated carbocycles. The zero-order chi connectivity index (χ0) is 14.4. The van der Waals surface area contributed by atoms with E-state index in [0.29, 0.717) is 0 Å². The first-order chi connectivity index (χ1) is 9.45. The van der Waals surface area contributed by atoms with Crippen LogP contribution in [-0.4, -0.2) is 58.0 Å². The molecule has 3 fully saturated rings. The number of hydrogen-bond donors (Lipinski definition) is 1. The SMILES string of the molecule is CO[C@@H]1CC2(CC(O)[C@H]3OC(C)(C)O[C@@H]31)SCCCS2. The molecule has 4 atom stereocenters. The van der Waals surface area contributed by atoms with Gasteiger partial charge < -0.3 is 19.3 Å². The standard InChI is InChI=1S/C14H24O4S2/c1-13(2)17-11-9(15)7-14(19-5-4-6-20-14)8-10(16-3)12(11)18-13/h9-12,15H,4-8H2,1-3H3/t9?,10-,11-,12-/m1/s1. The maximum Gasteiger partial charge on any atom is 0.164 e. The molecule has 3 rings (SSSR count). The highest BCUT2D eigenvalue weighted by Gasteiger charge is 2.55. The molecule has 20 heavy (non-hydrogen) atoms. The third-order valence-corrected chi connectivity index (χ3v) is 7.67. The normalized spacial score (nSPS) is 43.2. The van der Waals surface area contributed by atoms with Gasteiger partial charge in [0.2, 0.25) is 0 Å². The van der Waals surface area contributed by atoms with Gasteiger partial charge in [-0.1, -0.05) is 0 Å². The Balaban J connectivity index is 1.84. The second kappa shape index (κ2) is 5.63. The Morgan fingerprint density at radius 3 is 2.40 bits per heavy atom. The minimum Gasteiger partial charge on any atom is -0.390 e. The number of fused-ring (bicyclic) bond motifs is 1. The smallest absolute Gasteiger partial charge is 0.164 e. The average Bonchev–Trinajstić information content (AvgIpc) is 2.69. The summed E-state index contributed by atoms with van der Waals surface area (Å²) in [5, 5.41) is 10.6. The summed E-state index contributed by atoms with van der Waals surface area (Å²) in [4.78, 5) is 0. The van der Waals surface area contributed by atoms with Gasteiger partial charge in [-0.2, -0.15) is 0 Å². The molecule has 1 spiro atoms. The molecule has 116 valence electrons. The van der Waals surface area contributed by atoms with Gasteiger partial charge in [0.1, 0.15) is 12.2 Å². The molecule has 1 N–H and O–H groups in total. The van der Waals surface area contributed by atoms with E-state index in [1.54, 1.807) is 7.11 Å². The van der Waals surface area contributed by atoms with Crippen LogP contribution in [-0.2, 0) is 14.2 Å². The van der Waals surface area contributed by atoms with Crippen molar-refractivity contribution >= 4 is 23.5 Å². The summed E-state index contributed by atoms with van der Waals surface area (Å²) in [6, 6.07) is 0. The zero-order valence-electron chi connectivity index (χ0n) is 12.3. The van der Waals surface area contributed by atoms with Crippen molar-refractivity contribution in [1.82, 2.24) is 0 Å². The molecule has 0 bridgehead atoms. The highest BCUT2D eigenvalue weighted by molar-refractivity contribution is 8.18. The average molecular weight is 320 g/mol. The molecular weight excluding hydrogens is 296 g/mol. The van der Waals surface area contributed by atoms with Crippen LogP contribution in [0, 0.1) is 0 Å². The maximum atomic E-state index is 10.6. The van der Waals surface area contributed by atoms with Crippen molar-refractivity contribution < 1.29 is 19.3 Å². The van der Waals surface area contributed by atoms with E-state index in [1.807, 2.05) is 37.4 Å². The van der Waals surface area contributed by atoms with Gasteiger partial charge >= 0.3 is 0 Å². The number of ether oxygens (including phenoxy) is 3. The predicted molar refractivity (Wildman–Crippen MR) is 82.1 cm³/mol. The Bertz CT molecular complexity index is 357. The van der Waals surface area contributed by atoms with Gasteiger partial charge in [0.25, 0.3) is 0 Å². The zero-order valence-corrected chi connectivity index (χ0v) is 14.0. The van der Waals surface area contributed by atoms with Crippen LogP contribution in [0.2, 0.25) is 0 Å². The molecule has 2 heterocycles. The van der Waals surface area contributed by atoms with Crippen LogP contribution < -0.4 is 0 Å². The largest absolute Gasteiger partial charge is 0.390 e. The number of aliphatic hydroxyl groups excluding tert-OH is 1. The van der Waals surface area contributed by atoms with Gasteiger partial charge in [-0.3, -0.25) is 0 Å². The van der Waals surface area contributed by atoms with E-state index in [1.165, 1.54) is 17.9 Å². The first-order valence-corrected chi connectivity index (χ1v) is 9.26. The molecule has 1 unspecified atom stereocenters. The number of aliphatic hydroxyl groups is 1. The summed E-state index contributed by atoms with van der Waals surface area (Å²) in [5.41, 5.74) is 0. The molecule has 6 heteroatoms. The topological polar surface area (TPSA) is 47.9 Å². The summed E-state index contributed by atoms with van der Waals surface area (Å²) < 4.78 is 17.7. The lowest BCUT2D eigenvalue weighted by atomic mass is 10.1. The molecule has 0 radical (unpaired) electrons. The van der Waals surface area contributed by atoms with Crippen LogP contribution in [0.3, 0.4) is 0 Å². The van der Waals surface area contributed by atoms with E-state index in [2.05, 4.69) is 0 Å².